The van der Waals surface area contributed by atoms with Gasteiger partial charge in [-0.15, -0.1) is 0 Å². The molecule has 1 aromatic carbocycles. The van der Waals surface area contributed by atoms with Crippen molar-refractivity contribution in [3.8, 4) is 5.75 Å². The van der Waals surface area contributed by atoms with Gasteiger partial charge >= 0.3 is 5.97 Å². The van der Waals surface area contributed by atoms with E-state index in [1.807, 2.05) is 32.0 Å². The minimum atomic E-state index is -0.815. The Morgan fingerprint density at radius 1 is 1.16 bits per heavy atom. The smallest absolute Gasteiger partial charge is 0.344 e. The quantitative estimate of drug-likeness (QED) is 0.802. The molecule has 3 atom stereocenters. The van der Waals surface area contributed by atoms with Crippen molar-refractivity contribution in [1.29, 1.82) is 0 Å². The van der Waals surface area contributed by atoms with Gasteiger partial charge in [-0.3, -0.25) is 4.79 Å². The Balaban J connectivity index is 1.77. The van der Waals surface area contributed by atoms with Crippen molar-refractivity contribution < 1.29 is 19.1 Å². The van der Waals surface area contributed by atoms with Gasteiger partial charge in [0.2, 0.25) is 0 Å². The van der Waals surface area contributed by atoms with E-state index in [-0.39, 0.29) is 18.6 Å². The maximum absolute atomic E-state index is 12.2. The van der Waals surface area contributed by atoms with Crippen LogP contribution in [0, 0.1) is 19.8 Å². The molecule has 1 aliphatic carbocycles. The second-order valence-electron chi connectivity index (χ2n) is 7.12. The molecule has 0 saturated heterocycles. The summed E-state index contributed by atoms with van der Waals surface area (Å²) in [5, 5.41) is 3.01. The second kappa shape index (κ2) is 8.88. The summed E-state index contributed by atoms with van der Waals surface area (Å²) in [5.41, 5.74) is 2.13. The average molecular weight is 347 g/mol. The molecule has 1 aromatic rings. The summed E-state index contributed by atoms with van der Waals surface area (Å²) in [4.78, 5) is 24.2. The Kier molecular flexibility index (Phi) is 6.85. The van der Waals surface area contributed by atoms with Crippen molar-refractivity contribution in [3.05, 3.63) is 29.3 Å². The fourth-order valence-corrected chi connectivity index (χ4v) is 3.27. The number of carbonyl (C=O) groups is 2. The molecular formula is C20H29NO4. The highest BCUT2D eigenvalue weighted by Crippen LogP contribution is 2.23. The molecule has 0 heterocycles. The first-order valence-electron chi connectivity index (χ1n) is 9.06. The summed E-state index contributed by atoms with van der Waals surface area (Å²) in [7, 11) is 0. The molecule has 0 unspecified atom stereocenters. The highest BCUT2D eigenvalue weighted by molar-refractivity contribution is 5.83. The van der Waals surface area contributed by atoms with Gasteiger partial charge < -0.3 is 14.8 Å². The fourth-order valence-electron chi connectivity index (χ4n) is 3.27. The molecule has 0 aliphatic heterocycles. The van der Waals surface area contributed by atoms with Gasteiger partial charge in [-0.25, -0.2) is 4.79 Å². The minimum Gasteiger partial charge on any atom is -0.482 e. The first-order chi connectivity index (χ1) is 11.8. The number of ether oxygens (including phenoxy) is 2. The van der Waals surface area contributed by atoms with Gasteiger partial charge in [0.05, 0.1) is 0 Å². The van der Waals surface area contributed by atoms with Crippen LogP contribution in [0.25, 0.3) is 0 Å². The van der Waals surface area contributed by atoms with E-state index in [9.17, 15) is 9.59 Å². The van der Waals surface area contributed by atoms with Crippen LogP contribution in [0.4, 0.5) is 0 Å². The molecule has 0 aromatic heterocycles. The number of amides is 1. The molecule has 138 valence electrons. The Morgan fingerprint density at radius 2 is 1.80 bits per heavy atom. The van der Waals surface area contributed by atoms with Gasteiger partial charge in [-0.05, 0) is 62.8 Å². The number of hydrogen-bond acceptors (Lipinski definition) is 4. The third-order valence-corrected chi connectivity index (χ3v) is 4.67. The zero-order valence-electron chi connectivity index (χ0n) is 15.6. The molecule has 1 aliphatic rings. The number of rotatable bonds is 6. The third kappa shape index (κ3) is 6.07. The number of esters is 1. The van der Waals surface area contributed by atoms with Crippen LogP contribution in [0.15, 0.2) is 18.2 Å². The summed E-state index contributed by atoms with van der Waals surface area (Å²) in [5.74, 6) is 0.313. The predicted molar refractivity (Wildman–Crippen MR) is 96.5 cm³/mol. The SMILES string of the molecule is Cc1cc(C)cc(OCC(=O)O[C@@H](C)C(=O)N[C@H]2CCCC[C@@H]2C)c1. The highest BCUT2D eigenvalue weighted by Gasteiger charge is 2.26. The summed E-state index contributed by atoms with van der Waals surface area (Å²) < 4.78 is 10.7. The summed E-state index contributed by atoms with van der Waals surface area (Å²) in [6.07, 6.45) is 3.65. The van der Waals surface area contributed by atoms with Gasteiger partial charge in [0, 0.05) is 6.04 Å². The van der Waals surface area contributed by atoms with E-state index in [1.165, 1.54) is 6.42 Å². The molecule has 1 amide bonds. The summed E-state index contributed by atoms with van der Waals surface area (Å²) in [6.45, 7) is 7.48. The lowest BCUT2D eigenvalue weighted by Crippen LogP contribution is -2.46. The van der Waals surface area contributed by atoms with Crippen molar-refractivity contribution in [1.82, 2.24) is 5.32 Å². The monoisotopic (exact) mass is 347 g/mol. The number of carbonyl (C=O) groups excluding carboxylic acids is 2. The van der Waals surface area contributed by atoms with Crippen LogP contribution in [0.3, 0.4) is 0 Å². The second-order valence-corrected chi connectivity index (χ2v) is 7.12. The third-order valence-electron chi connectivity index (χ3n) is 4.67. The molecule has 25 heavy (non-hydrogen) atoms. The topological polar surface area (TPSA) is 64.6 Å². The Morgan fingerprint density at radius 3 is 2.44 bits per heavy atom. The van der Waals surface area contributed by atoms with Crippen LogP contribution in [0.2, 0.25) is 0 Å². The number of aryl methyl sites for hydroxylation is 2. The normalized spacial score (nSPS) is 21.3. The maximum atomic E-state index is 12.2. The standard InChI is InChI=1S/C20H29NO4/c1-13-9-14(2)11-17(10-13)24-12-19(22)25-16(4)20(23)21-18-8-6-5-7-15(18)3/h9-11,15-16,18H,5-8,12H2,1-4H3,(H,21,23)/t15-,16-,18-/m0/s1. The van der Waals surface area contributed by atoms with Crippen molar-refractivity contribution in [2.45, 2.75) is 65.5 Å². The summed E-state index contributed by atoms with van der Waals surface area (Å²) in [6, 6.07) is 5.93. The van der Waals surface area contributed by atoms with E-state index in [4.69, 9.17) is 9.47 Å². The van der Waals surface area contributed by atoms with Gasteiger partial charge in [0.25, 0.3) is 5.91 Å². The Hall–Kier alpha value is -2.04. The van der Waals surface area contributed by atoms with Crippen LogP contribution in [-0.2, 0) is 14.3 Å². The van der Waals surface area contributed by atoms with Crippen LogP contribution < -0.4 is 10.1 Å². The van der Waals surface area contributed by atoms with Gasteiger partial charge in [0.1, 0.15) is 5.75 Å². The zero-order valence-corrected chi connectivity index (χ0v) is 15.6. The van der Waals surface area contributed by atoms with E-state index in [0.29, 0.717) is 11.7 Å². The first-order valence-corrected chi connectivity index (χ1v) is 9.06. The van der Waals surface area contributed by atoms with Crippen LogP contribution in [0.1, 0.15) is 50.7 Å². The number of hydrogen-bond donors (Lipinski definition) is 1. The lowest BCUT2D eigenvalue weighted by atomic mass is 9.86. The lowest BCUT2D eigenvalue weighted by Gasteiger charge is -2.30. The molecule has 5 nitrogen and oxygen atoms in total. The highest BCUT2D eigenvalue weighted by atomic mass is 16.6. The predicted octanol–water partition coefficient (Wildman–Crippen LogP) is 3.31. The molecule has 1 fully saturated rings. The van der Waals surface area contributed by atoms with Crippen molar-refractivity contribution in [2.75, 3.05) is 6.61 Å². The van der Waals surface area contributed by atoms with Crippen molar-refractivity contribution in [2.24, 2.45) is 5.92 Å². The molecule has 5 heteroatoms. The fraction of sp³-hybridized carbons (Fsp3) is 0.600. The maximum Gasteiger partial charge on any atom is 0.344 e. The van der Waals surface area contributed by atoms with Crippen molar-refractivity contribution >= 4 is 11.9 Å². The van der Waals surface area contributed by atoms with E-state index < -0.39 is 12.1 Å². The Bertz CT molecular complexity index is 593. The van der Waals surface area contributed by atoms with E-state index in [2.05, 4.69) is 12.2 Å². The number of nitrogens with one attached hydrogen (secondary N) is 1. The first kappa shape index (κ1) is 19.3. The van der Waals surface area contributed by atoms with Crippen LogP contribution >= 0.6 is 0 Å². The minimum absolute atomic E-state index is 0.175. The Labute approximate surface area is 150 Å². The number of benzene rings is 1. The van der Waals surface area contributed by atoms with Crippen LogP contribution in [0.5, 0.6) is 5.75 Å². The van der Waals surface area contributed by atoms with E-state index >= 15 is 0 Å². The van der Waals surface area contributed by atoms with Gasteiger partial charge in [-0.2, -0.15) is 0 Å². The lowest BCUT2D eigenvalue weighted by molar-refractivity contribution is -0.157. The molecule has 0 radical (unpaired) electrons. The average Bonchev–Trinajstić information content (AvgIpc) is 2.54. The van der Waals surface area contributed by atoms with Gasteiger partial charge in [0.15, 0.2) is 12.7 Å². The van der Waals surface area contributed by atoms with Crippen molar-refractivity contribution in [3.63, 3.8) is 0 Å². The summed E-state index contributed by atoms with van der Waals surface area (Å²) >= 11 is 0. The molecule has 2 rings (SSSR count). The molecule has 0 bridgehead atoms. The molecule has 1 N–H and O–H groups in total. The largest absolute Gasteiger partial charge is 0.482 e. The van der Waals surface area contributed by atoms with Gasteiger partial charge in [-0.1, -0.05) is 25.8 Å². The molecule has 1 saturated carbocycles. The van der Waals surface area contributed by atoms with Crippen LogP contribution in [-0.4, -0.2) is 30.6 Å². The van der Waals surface area contributed by atoms with E-state index in [0.717, 1.165) is 30.4 Å². The molecule has 0 spiro atoms. The van der Waals surface area contributed by atoms with E-state index in [1.54, 1.807) is 6.92 Å². The zero-order chi connectivity index (χ0) is 18.4. The molecular weight excluding hydrogens is 318 g/mol.